The van der Waals surface area contributed by atoms with Crippen LogP contribution in [0, 0.1) is 11.8 Å². The van der Waals surface area contributed by atoms with E-state index in [-0.39, 0.29) is 0 Å². The molecule has 0 bridgehead atoms. The third-order valence-corrected chi connectivity index (χ3v) is 2.66. The highest BCUT2D eigenvalue weighted by Gasteiger charge is 2.07. The maximum absolute atomic E-state index is 5.51. The van der Waals surface area contributed by atoms with Crippen LogP contribution in [0.3, 0.4) is 0 Å². The molecular weight excluding hydrogens is 238 g/mol. The van der Waals surface area contributed by atoms with Crippen molar-refractivity contribution in [1.82, 2.24) is 9.97 Å². The lowest BCUT2D eigenvalue weighted by molar-refractivity contribution is 0.324. The van der Waals surface area contributed by atoms with Crippen molar-refractivity contribution in [2.45, 2.75) is 47.5 Å². The summed E-state index contributed by atoms with van der Waals surface area (Å²) in [6.45, 7) is 12.3. The molecule has 0 amide bonds. The van der Waals surface area contributed by atoms with Crippen LogP contribution in [-0.4, -0.2) is 23.1 Å². The fourth-order valence-corrected chi connectivity index (χ4v) is 1.73. The summed E-state index contributed by atoms with van der Waals surface area (Å²) >= 11 is 0. The number of hydrogen-bond donors (Lipinski definition) is 1. The number of hydrogen-bond acceptors (Lipinski definition) is 4. The van der Waals surface area contributed by atoms with E-state index in [1.54, 1.807) is 0 Å². The van der Waals surface area contributed by atoms with Crippen LogP contribution in [0.15, 0.2) is 6.07 Å². The Balaban J connectivity index is 2.74. The second-order valence-electron chi connectivity index (χ2n) is 5.65. The summed E-state index contributed by atoms with van der Waals surface area (Å²) in [5.41, 5.74) is 0. The SMILES string of the molecule is CCOc1cc(NCCC(C)C)nc(CC(C)C)n1. The molecule has 0 unspecified atom stereocenters. The van der Waals surface area contributed by atoms with E-state index >= 15 is 0 Å². The van der Waals surface area contributed by atoms with Crippen molar-refractivity contribution >= 4 is 5.82 Å². The maximum atomic E-state index is 5.51. The van der Waals surface area contributed by atoms with Crippen molar-refractivity contribution in [3.8, 4) is 5.88 Å². The summed E-state index contributed by atoms with van der Waals surface area (Å²) in [6, 6.07) is 1.88. The number of nitrogens with zero attached hydrogens (tertiary/aromatic N) is 2. The van der Waals surface area contributed by atoms with Crippen LogP contribution in [0.5, 0.6) is 5.88 Å². The Morgan fingerprint density at radius 1 is 1.16 bits per heavy atom. The zero-order valence-corrected chi connectivity index (χ0v) is 12.9. The van der Waals surface area contributed by atoms with Gasteiger partial charge < -0.3 is 10.1 Å². The third kappa shape index (κ3) is 6.41. The standard InChI is InChI=1S/C15H27N3O/c1-6-19-15-10-13(16-8-7-11(2)3)17-14(18-15)9-12(4)5/h10-12H,6-9H2,1-5H3,(H,16,17,18). The zero-order chi connectivity index (χ0) is 14.3. The highest BCUT2D eigenvalue weighted by Crippen LogP contribution is 2.16. The largest absolute Gasteiger partial charge is 0.478 e. The summed E-state index contributed by atoms with van der Waals surface area (Å²) < 4.78 is 5.51. The van der Waals surface area contributed by atoms with E-state index < -0.39 is 0 Å². The van der Waals surface area contributed by atoms with Crippen LogP contribution in [0.1, 0.15) is 46.9 Å². The average molecular weight is 265 g/mol. The van der Waals surface area contributed by atoms with Crippen molar-refractivity contribution in [2.24, 2.45) is 11.8 Å². The first-order valence-corrected chi connectivity index (χ1v) is 7.25. The Labute approximate surface area is 117 Å². The summed E-state index contributed by atoms with van der Waals surface area (Å²) in [5, 5.41) is 3.36. The van der Waals surface area contributed by atoms with Crippen molar-refractivity contribution in [3.63, 3.8) is 0 Å². The van der Waals surface area contributed by atoms with Crippen molar-refractivity contribution < 1.29 is 4.74 Å². The van der Waals surface area contributed by atoms with E-state index in [1.165, 1.54) is 0 Å². The van der Waals surface area contributed by atoms with Crippen LogP contribution in [0.25, 0.3) is 0 Å². The van der Waals surface area contributed by atoms with E-state index in [4.69, 9.17) is 4.74 Å². The molecule has 1 rings (SSSR count). The number of nitrogens with one attached hydrogen (secondary N) is 1. The van der Waals surface area contributed by atoms with Gasteiger partial charge in [0.2, 0.25) is 5.88 Å². The summed E-state index contributed by atoms with van der Waals surface area (Å²) in [4.78, 5) is 8.98. The van der Waals surface area contributed by atoms with Gasteiger partial charge in [-0.2, -0.15) is 4.98 Å². The highest BCUT2D eigenvalue weighted by molar-refractivity contribution is 5.38. The molecule has 0 saturated heterocycles. The predicted octanol–water partition coefficient (Wildman–Crippen LogP) is 3.53. The molecule has 0 atom stereocenters. The molecule has 0 fully saturated rings. The lowest BCUT2D eigenvalue weighted by Crippen LogP contribution is -2.10. The monoisotopic (exact) mass is 265 g/mol. The van der Waals surface area contributed by atoms with E-state index in [0.29, 0.717) is 24.3 Å². The first-order valence-electron chi connectivity index (χ1n) is 7.25. The van der Waals surface area contributed by atoms with Gasteiger partial charge in [-0.05, 0) is 25.2 Å². The van der Waals surface area contributed by atoms with Gasteiger partial charge in [0.05, 0.1) is 6.61 Å². The molecule has 0 aliphatic carbocycles. The Morgan fingerprint density at radius 3 is 2.47 bits per heavy atom. The molecule has 4 nitrogen and oxygen atoms in total. The summed E-state index contributed by atoms with van der Waals surface area (Å²) in [6.07, 6.45) is 2.01. The van der Waals surface area contributed by atoms with Gasteiger partial charge in [0, 0.05) is 19.0 Å². The van der Waals surface area contributed by atoms with Crippen molar-refractivity contribution in [1.29, 1.82) is 0 Å². The van der Waals surface area contributed by atoms with Crippen LogP contribution < -0.4 is 10.1 Å². The molecule has 4 heteroatoms. The van der Waals surface area contributed by atoms with Gasteiger partial charge in [-0.3, -0.25) is 0 Å². The molecular formula is C15H27N3O. The van der Waals surface area contributed by atoms with Crippen LogP contribution in [0.2, 0.25) is 0 Å². The Bertz CT molecular complexity index is 378. The molecule has 0 spiro atoms. The van der Waals surface area contributed by atoms with Gasteiger partial charge in [0.25, 0.3) is 0 Å². The van der Waals surface area contributed by atoms with Gasteiger partial charge in [0.1, 0.15) is 11.6 Å². The van der Waals surface area contributed by atoms with Gasteiger partial charge in [-0.15, -0.1) is 0 Å². The molecule has 1 N–H and O–H groups in total. The Hall–Kier alpha value is -1.32. The lowest BCUT2D eigenvalue weighted by atomic mass is 10.1. The van der Waals surface area contributed by atoms with E-state index in [1.807, 2.05) is 13.0 Å². The quantitative estimate of drug-likeness (QED) is 0.781. The molecule has 0 radical (unpaired) electrons. The zero-order valence-electron chi connectivity index (χ0n) is 12.9. The third-order valence-electron chi connectivity index (χ3n) is 2.66. The molecule has 0 aliphatic heterocycles. The first kappa shape index (κ1) is 15.7. The molecule has 1 heterocycles. The van der Waals surface area contributed by atoms with Crippen molar-refractivity contribution in [3.05, 3.63) is 11.9 Å². The van der Waals surface area contributed by atoms with Crippen LogP contribution in [-0.2, 0) is 6.42 Å². The molecule has 0 aliphatic rings. The summed E-state index contributed by atoms with van der Waals surface area (Å²) in [7, 11) is 0. The van der Waals surface area contributed by atoms with Gasteiger partial charge >= 0.3 is 0 Å². The summed E-state index contributed by atoms with van der Waals surface area (Å²) in [5.74, 6) is 3.62. The number of anilines is 1. The van der Waals surface area contributed by atoms with E-state index in [2.05, 4.69) is 43.0 Å². The minimum atomic E-state index is 0.542. The number of ether oxygens (including phenoxy) is 1. The van der Waals surface area contributed by atoms with Gasteiger partial charge in [-0.25, -0.2) is 4.98 Å². The Kier molecular flexibility index (Phi) is 6.60. The first-order chi connectivity index (χ1) is 9.01. The molecule has 1 aromatic rings. The topological polar surface area (TPSA) is 47.0 Å². The van der Waals surface area contributed by atoms with Crippen LogP contribution in [0.4, 0.5) is 5.82 Å². The molecule has 108 valence electrons. The fourth-order valence-electron chi connectivity index (χ4n) is 1.73. The van der Waals surface area contributed by atoms with Gasteiger partial charge in [0.15, 0.2) is 0 Å². The molecule has 1 aromatic heterocycles. The number of aromatic nitrogens is 2. The lowest BCUT2D eigenvalue weighted by Gasteiger charge is -2.12. The Morgan fingerprint density at radius 2 is 1.89 bits per heavy atom. The smallest absolute Gasteiger partial charge is 0.218 e. The number of rotatable bonds is 8. The van der Waals surface area contributed by atoms with Crippen molar-refractivity contribution in [2.75, 3.05) is 18.5 Å². The molecule has 0 aromatic carbocycles. The van der Waals surface area contributed by atoms with Gasteiger partial charge in [-0.1, -0.05) is 27.7 Å². The van der Waals surface area contributed by atoms with E-state index in [0.717, 1.165) is 31.0 Å². The second kappa shape index (κ2) is 7.97. The highest BCUT2D eigenvalue weighted by atomic mass is 16.5. The minimum Gasteiger partial charge on any atom is -0.478 e. The van der Waals surface area contributed by atoms with E-state index in [9.17, 15) is 0 Å². The minimum absolute atomic E-state index is 0.542. The fraction of sp³-hybridized carbons (Fsp3) is 0.733. The second-order valence-corrected chi connectivity index (χ2v) is 5.65. The predicted molar refractivity (Wildman–Crippen MR) is 79.7 cm³/mol. The maximum Gasteiger partial charge on any atom is 0.218 e. The normalized spacial score (nSPS) is 11.1. The molecule has 0 saturated carbocycles. The molecule has 19 heavy (non-hydrogen) atoms. The van der Waals surface area contributed by atoms with Crippen LogP contribution >= 0.6 is 0 Å². The average Bonchev–Trinajstić information content (AvgIpc) is 2.27.